The number of rotatable bonds is 2. The number of halogens is 1. The van der Waals surface area contributed by atoms with Crippen molar-refractivity contribution < 1.29 is 9.90 Å². The molecule has 27 heavy (non-hydrogen) atoms. The lowest BCUT2D eigenvalue weighted by Crippen LogP contribution is -2.46. The van der Waals surface area contributed by atoms with Crippen molar-refractivity contribution >= 4 is 21.7 Å². The van der Waals surface area contributed by atoms with Crippen LogP contribution in [-0.4, -0.2) is 21.8 Å². The van der Waals surface area contributed by atoms with E-state index < -0.39 is 5.60 Å². The van der Waals surface area contributed by atoms with Crippen LogP contribution in [0.2, 0.25) is 0 Å². The van der Waals surface area contributed by atoms with Crippen LogP contribution in [0.15, 0.2) is 0 Å². The van der Waals surface area contributed by atoms with Crippen molar-refractivity contribution in [3.63, 3.8) is 0 Å². The van der Waals surface area contributed by atoms with Gasteiger partial charge in [-0.2, -0.15) is 0 Å². The number of aliphatic hydroxyl groups is 1. The molecule has 0 aromatic carbocycles. The monoisotopic (exact) mass is 438 g/mol. The maximum atomic E-state index is 12.5. The minimum Gasteiger partial charge on any atom is -0.390 e. The molecule has 4 aliphatic carbocycles. The summed E-state index contributed by atoms with van der Waals surface area (Å²) in [5.41, 5.74) is -0.0457. The summed E-state index contributed by atoms with van der Waals surface area (Å²) in [4.78, 5) is 12.5. The van der Waals surface area contributed by atoms with Crippen LogP contribution in [0.4, 0.5) is 0 Å². The fraction of sp³-hybridized carbons (Fsp3) is 0.958. The van der Waals surface area contributed by atoms with Gasteiger partial charge in [0.15, 0.2) is 0 Å². The third kappa shape index (κ3) is 3.93. The lowest BCUT2D eigenvalue weighted by molar-refractivity contribution is -0.122. The molecule has 4 fully saturated rings. The first-order valence-electron chi connectivity index (χ1n) is 11.6. The molecule has 8 atom stereocenters. The number of ketones is 1. The second-order valence-electron chi connectivity index (χ2n) is 11.2. The zero-order valence-corrected chi connectivity index (χ0v) is 19.0. The molecule has 3 heteroatoms. The molecule has 0 aliphatic heterocycles. The Morgan fingerprint density at radius 2 is 1.67 bits per heavy atom. The van der Waals surface area contributed by atoms with Crippen molar-refractivity contribution in [2.45, 2.75) is 96.5 Å². The number of alkyl halides is 1. The van der Waals surface area contributed by atoms with Crippen molar-refractivity contribution in [2.24, 2.45) is 40.9 Å². The molecule has 154 valence electrons. The SMILES string of the molecule is C[C@@]1(O)CC[C@H]2[C@H](CCC[C@H]3[C@@H]2CC[C@]2(C)CC(C(=O)CBr)CCC[C@@H]32)C1. The van der Waals surface area contributed by atoms with Crippen LogP contribution in [-0.2, 0) is 4.79 Å². The molecule has 0 amide bonds. The molecule has 0 radical (unpaired) electrons. The molecule has 0 bridgehead atoms. The molecule has 4 aliphatic rings. The normalized spacial score (nSPS) is 50.5. The number of carbonyl (C=O) groups is 1. The standard InChI is InChI=1S/C24H39BrO2/c1-23-11-9-19-18-10-12-24(2,27)14-16(18)5-3-7-20(19)21(23)8-4-6-17(13-23)22(26)15-25/h16-21,27H,3-15H2,1-2H3/t16-,17?,18+,19-,20+,21+,23-,24-/m1/s1. The lowest BCUT2D eigenvalue weighted by atomic mass is 9.52. The molecule has 4 saturated carbocycles. The fourth-order valence-electron chi connectivity index (χ4n) is 8.13. The zero-order chi connectivity index (χ0) is 19.2. The predicted octanol–water partition coefficient (Wildman–Crippen LogP) is 6.14. The third-order valence-corrected chi connectivity index (χ3v) is 9.92. The Bertz CT molecular complexity index is 559. The molecule has 0 spiro atoms. The summed E-state index contributed by atoms with van der Waals surface area (Å²) in [7, 11) is 0. The highest BCUT2D eigenvalue weighted by Crippen LogP contribution is 2.60. The van der Waals surface area contributed by atoms with Crippen LogP contribution in [0, 0.1) is 40.9 Å². The number of hydrogen-bond acceptors (Lipinski definition) is 2. The Balaban J connectivity index is 1.55. The van der Waals surface area contributed by atoms with Gasteiger partial charge in [-0.1, -0.05) is 42.1 Å². The van der Waals surface area contributed by atoms with Gasteiger partial charge in [-0.3, -0.25) is 4.79 Å². The van der Waals surface area contributed by atoms with Gasteiger partial charge in [0.2, 0.25) is 0 Å². The minimum atomic E-state index is -0.421. The van der Waals surface area contributed by atoms with Gasteiger partial charge in [0.25, 0.3) is 0 Å². The molecular weight excluding hydrogens is 400 g/mol. The van der Waals surface area contributed by atoms with Crippen molar-refractivity contribution in [2.75, 3.05) is 5.33 Å². The van der Waals surface area contributed by atoms with E-state index in [-0.39, 0.29) is 0 Å². The van der Waals surface area contributed by atoms with Crippen LogP contribution < -0.4 is 0 Å². The number of Topliss-reactive ketones (excluding diaryl/α,β-unsaturated/α-hetero) is 1. The van der Waals surface area contributed by atoms with E-state index in [2.05, 4.69) is 29.8 Å². The molecular formula is C24H39BrO2. The van der Waals surface area contributed by atoms with E-state index >= 15 is 0 Å². The van der Waals surface area contributed by atoms with Gasteiger partial charge < -0.3 is 5.11 Å². The van der Waals surface area contributed by atoms with Gasteiger partial charge >= 0.3 is 0 Å². The van der Waals surface area contributed by atoms with E-state index in [0.717, 1.165) is 55.3 Å². The van der Waals surface area contributed by atoms with Gasteiger partial charge in [-0.15, -0.1) is 0 Å². The molecule has 0 saturated heterocycles. The van der Waals surface area contributed by atoms with Crippen LogP contribution >= 0.6 is 15.9 Å². The smallest absolute Gasteiger partial charge is 0.146 e. The highest BCUT2D eigenvalue weighted by Gasteiger charge is 2.52. The summed E-state index contributed by atoms with van der Waals surface area (Å²) in [5, 5.41) is 11.2. The van der Waals surface area contributed by atoms with E-state index in [9.17, 15) is 9.90 Å². The maximum absolute atomic E-state index is 12.5. The lowest BCUT2D eigenvalue weighted by Gasteiger charge is -2.53. The number of carbonyl (C=O) groups excluding carboxylic acids is 1. The average Bonchev–Trinajstić information content (AvgIpc) is 2.90. The molecule has 1 N–H and O–H groups in total. The third-order valence-electron chi connectivity index (χ3n) is 9.36. The summed E-state index contributed by atoms with van der Waals surface area (Å²) in [5.74, 6) is 4.92. The predicted molar refractivity (Wildman–Crippen MR) is 114 cm³/mol. The van der Waals surface area contributed by atoms with Crippen molar-refractivity contribution in [1.82, 2.24) is 0 Å². The molecule has 0 aromatic heterocycles. The van der Waals surface area contributed by atoms with E-state index in [0.29, 0.717) is 22.4 Å². The van der Waals surface area contributed by atoms with Crippen LogP contribution in [0.1, 0.15) is 90.9 Å². The minimum absolute atomic E-state index is 0.291. The summed E-state index contributed by atoms with van der Waals surface area (Å²) in [6, 6.07) is 0. The molecule has 2 nitrogen and oxygen atoms in total. The van der Waals surface area contributed by atoms with E-state index in [4.69, 9.17) is 0 Å². The summed E-state index contributed by atoms with van der Waals surface area (Å²) in [6.45, 7) is 4.59. The molecule has 0 aromatic rings. The summed E-state index contributed by atoms with van der Waals surface area (Å²) < 4.78 is 0. The quantitative estimate of drug-likeness (QED) is 0.525. The van der Waals surface area contributed by atoms with E-state index in [1.54, 1.807) is 0 Å². The maximum Gasteiger partial charge on any atom is 0.146 e. The van der Waals surface area contributed by atoms with Gasteiger partial charge in [0.05, 0.1) is 10.9 Å². The van der Waals surface area contributed by atoms with Gasteiger partial charge in [0.1, 0.15) is 5.78 Å². The highest BCUT2D eigenvalue weighted by molar-refractivity contribution is 9.09. The second kappa shape index (κ2) is 7.74. The Morgan fingerprint density at radius 1 is 0.926 bits per heavy atom. The van der Waals surface area contributed by atoms with Gasteiger partial charge in [0, 0.05) is 5.92 Å². The van der Waals surface area contributed by atoms with E-state index in [1.165, 1.54) is 51.4 Å². The van der Waals surface area contributed by atoms with Crippen LogP contribution in [0.5, 0.6) is 0 Å². The highest BCUT2D eigenvalue weighted by atomic mass is 79.9. The van der Waals surface area contributed by atoms with Gasteiger partial charge in [-0.25, -0.2) is 0 Å². The Labute approximate surface area is 174 Å². The van der Waals surface area contributed by atoms with Crippen molar-refractivity contribution in [3.05, 3.63) is 0 Å². The van der Waals surface area contributed by atoms with Crippen molar-refractivity contribution in [1.29, 1.82) is 0 Å². The Morgan fingerprint density at radius 3 is 2.44 bits per heavy atom. The second-order valence-corrected chi connectivity index (χ2v) is 11.7. The summed E-state index contributed by atoms with van der Waals surface area (Å²) >= 11 is 3.42. The number of hydrogen-bond donors (Lipinski definition) is 1. The largest absolute Gasteiger partial charge is 0.390 e. The summed E-state index contributed by atoms with van der Waals surface area (Å²) in [6.07, 6.45) is 14.9. The zero-order valence-electron chi connectivity index (χ0n) is 17.4. The molecule has 4 rings (SSSR count). The Kier molecular flexibility index (Phi) is 5.85. The first-order valence-corrected chi connectivity index (χ1v) is 12.8. The van der Waals surface area contributed by atoms with Crippen LogP contribution in [0.3, 0.4) is 0 Å². The first-order chi connectivity index (χ1) is 12.8. The van der Waals surface area contributed by atoms with Gasteiger partial charge in [-0.05, 0) is 99.7 Å². The Hall–Kier alpha value is 0.110. The van der Waals surface area contributed by atoms with Crippen molar-refractivity contribution in [3.8, 4) is 0 Å². The van der Waals surface area contributed by atoms with E-state index in [1.807, 2.05) is 0 Å². The molecule has 0 heterocycles. The fourth-order valence-corrected chi connectivity index (χ4v) is 8.59. The number of fused-ring (bicyclic) bond motifs is 5. The first kappa shape index (κ1) is 20.4. The van der Waals surface area contributed by atoms with Crippen LogP contribution in [0.25, 0.3) is 0 Å². The average molecular weight is 439 g/mol. The molecule has 1 unspecified atom stereocenters. The topological polar surface area (TPSA) is 37.3 Å².